The maximum absolute atomic E-state index is 5.76. The number of ether oxygens (including phenoxy) is 3. The van der Waals surface area contributed by atoms with E-state index in [0.717, 1.165) is 30.2 Å². The Morgan fingerprint density at radius 3 is 2.80 bits per heavy atom. The minimum Gasteiger partial charge on any atom is -0.490 e. The van der Waals surface area contributed by atoms with Crippen LogP contribution in [0.4, 0.5) is 0 Å². The van der Waals surface area contributed by atoms with E-state index in [1.165, 1.54) is 0 Å². The summed E-state index contributed by atoms with van der Waals surface area (Å²) >= 11 is 0. The van der Waals surface area contributed by atoms with Crippen molar-refractivity contribution in [2.24, 2.45) is 0 Å². The quantitative estimate of drug-likeness (QED) is 0.528. The number of hydrogen-bond acceptors (Lipinski definition) is 4. The van der Waals surface area contributed by atoms with Crippen LogP contribution in [0, 0.1) is 0 Å². The SMILES string of the molecule is C=CC(C)Oc1ccc(CNCCOC)cc1OCC. The molecule has 20 heavy (non-hydrogen) atoms. The summed E-state index contributed by atoms with van der Waals surface area (Å²) in [6.45, 7) is 10.5. The third kappa shape index (κ3) is 5.63. The van der Waals surface area contributed by atoms with Gasteiger partial charge in [-0.25, -0.2) is 0 Å². The van der Waals surface area contributed by atoms with E-state index in [1.54, 1.807) is 13.2 Å². The summed E-state index contributed by atoms with van der Waals surface area (Å²) in [6, 6.07) is 5.99. The number of methoxy groups -OCH3 is 1. The van der Waals surface area contributed by atoms with Crippen LogP contribution in [0.3, 0.4) is 0 Å². The molecule has 112 valence electrons. The first kappa shape index (κ1) is 16.5. The molecule has 1 rings (SSSR count). The Morgan fingerprint density at radius 2 is 2.15 bits per heavy atom. The zero-order valence-corrected chi connectivity index (χ0v) is 12.6. The molecule has 0 heterocycles. The van der Waals surface area contributed by atoms with Gasteiger partial charge >= 0.3 is 0 Å². The number of hydrogen-bond donors (Lipinski definition) is 1. The molecule has 0 saturated heterocycles. The molecule has 0 amide bonds. The van der Waals surface area contributed by atoms with Crippen molar-refractivity contribution in [3.8, 4) is 11.5 Å². The van der Waals surface area contributed by atoms with Crippen LogP contribution in [0.15, 0.2) is 30.9 Å². The van der Waals surface area contributed by atoms with Crippen molar-refractivity contribution in [1.82, 2.24) is 5.32 Å². The maximum Gasteiger partial charge on any atom is 0.162 e. The summed E-state index contributed by atoms with van der Waals surface area (Å²) in [5, 5.41) is 3.31. The highest BCUT2D eigenvalue weighted by molar-refractivity contribution is 5.43. The second-order valence-electron chi connectivity index (χ2n) is 4.44. The van der Waals surface area contributed by atoms with E-state index in [1.807, 2.05) is 32.0 Å². The number of rotatable bonds is 10. The van der Waals surface area contributed by atoms with Crippen LogP contribution < -0.4 is 14.8 Å². The summed E-state index contributed by atoms with van der Waals surface area (Å²) in [6.07, 6.45) is 1.72. The zero-order valence-electron chi connectivity index (χ0n) is 12.6. The van der Waals surface area contributed by atoms with Crippen molar-refractivity contribution in [2.45, 2.75) is 26.5 Å². The first-order chi connectivity index (χ1) is 9.71. The monoisotopic (exact) mass is 279 g/mol. The van der Waals surface area contributed by atoms with Crippen LogP contribution in [0.25, 0.3) is 0 Å². The van der Waals surface area contributed by atoms with Gasteiger partial charge in [0, 0.05) is 20.2 Å². The van der Waals surface area contributed by atoms with Crippen molar-refractivity contribution in [1.29, 1.82) is 0 Å². The lowest BCUT2D eigenvalue weighted by atomic mass is 10.2. The van der Waals surface area contributed by atoms with Gasteiger partial charge in [-0.05, 0) is 31.5 Å². The van der Waals surface area contributed by atoms with Crippen molar-refractivity contribution < 1.29 is 14.2 Å². The fraction of sp³-hybridized carbons (Fsp3) is 0.500. The molecule has 1 unspecified atom stereocenters. The summed E-state index contributed by atoms with van der Waals surface area (Å²) < 4.78 is 16.4. The van der Waals surface area contributed by atoms with Gasteiger partial charge in [0.1, 0.15) is 6.10 Å². The van der Waals surface area contributed by atoms with Gasteiger partial charge in [-0.1, -0.05) is 18.7 Å². The van der Waals surface area contributed by atoms with Crippen LogP contribution in [-0.4, -0.2) is 33.0 Å². The summed E-state index contributed by atoms with van der Waals surface area (Å²) in [7, 11) is 1.70. The molecule has 0 saturated carbocycles. The van der Waals surface area contributed by atoms with E-state index < -0.39 is 0 Å². The summed E-state index contributed by atoms with van der Waals surface area (Å²) in [5.41, 5.74) is 1.16. The van der Waals surface area contributed by atoms with Crippen LogP contribution in [0.5, 0.6) is 11.5 Å². The first-order valence-electron chi connectivity index (χ1n) is 6.95. The normalized spacial score (nSPS) is 11.9. The molecule has 0 aliphatic heterocycles. The van der Waals surface area contributed by atoms with Gasteiger partial charge < -0.3 is 19.5 Å². The number of nitrogens with one attached hydrogen (secondary N) is 1. The Morgan fingerprint density at radius 1 is 1.35 bits per heavy atom. The van der Waals surface area contributed by atoms with Crippen LogP contribution in [-0.2, 0) is 11.3 Å². The smallest absolute Gasteiger partial charge is 0.162 e. The van der Waals surface area contributed by atoms with E-state index >= 15 is 0 Å². The van der Waals surface area contributed by atoms with Crippen LogP contribution in [0.2, 0.25) is 0 Å². The van der Waals surface area contributed by atoms with Crippen molar-refractivity contribution in [2.75, 3.05) is 26.9 Å². The van der Waals surface area contributed by atoms with E-state index in [9.17, 15) is 0 Å². The zero-order chi connectivity index (χ0) is 14.8. The summed E-state index contributed by atoms with van der Waals surface area (Å²) in [4.78, 5) is 0. The van der Waals surface area contributed by atoms with Crippen LogP contribution in [0.1, 0.15) is 19.4 Å². The lowest BCUT2D eigenvalue weighted by Crippen LogP contribution is -2.18. The number of benzene rings is 1. The van der Waals surface area contributed by atoms with Gasteiger partial charge in [-0.2, -0.15) is 0 Å². The molecule has 1 aromatic rings. The van der Waals surface area contributed by atoms with Gasteiger partial charge in [-0.15, -0.1) is 0 Å². The Labute approximate surface area is 121 Å². The molecular weight excluding hydrogens is 254 g/mol. The minimum absolute atomic E-state index is 0.0418. The third-order valence-electron chi connectivity index (χ3n) is 2.76. The standard InChI is InChI=1S/C16H25NO3/c1-5-13(3)20-15-8-7-14(11-16(15)19-6-2)12-17-9-10-18-4/h5,7-8,11,13,17H,1,6,9-10,12H2,2-4H3. The van der Waals surface area contributed by atoms with Gasteiger partial charge in [0.25, 0.3) is 0 Å². The highest BCUT2D eigenvalue weighted by Crippen LogP contribution is 2.29. The average Bonchev–Trinajstić information content (AvgIpc) is 2.46. The van der Waals surface area contributed by atoms with Gasteiger partial charge in [0.05, 0.1) is 13.2 Å². The largest absolute Gasteiger partial charge is 0.490 e. The molecule has 1 N–H and O–H groups in total. The van der Waals surface area contributed by atoms with Crippen LogP contribution >= 0.6 is 0 Å². The van der Waals surface area contributed by atoms with E-state index in [-0.39, 0.29) is 6.10 Å². The highest BCUT2D eigenvalue weighted by Gasteiger charge is 2.08. The van der Waals surface area contributed by atoms with E-state index in [4.69, 9.17) is 14.2 Å². The molecular formula is C16H25NO3. The fourth-order valence-electron chi connectivity index (χ4n) is 1.68. The molecule has 1 atom stereocenters. The second-order valence-corrected chi connectivity index (χ2v) is 4.44. The average molecular weight is 279 g/mol. The van der Waals surface area contributed by atoms with E-state index in [2.05, 4.69) is 11.9 Å². The molecule has 0 fully saturated rings. The molecule has 0 aromatic heterocycles. The second kappa shape index (κ2) is 9.39. The fourth-order valence-corrected chi connectivity index (χ4v) is 1.68. The molecule has 0 aliphatic rings. The molecule has 0 aliphatic carbocycles. The van der Waals surface area contributed by atoms with Gasteiger partial charge in [-0.3, -0.25) is 0 Å². The van der Waals surface area contributed by atoms with E-state index in [0.29, 0.717) is 13.2 Å². The Kier molecular flexibility index (Phi) is 7.77. The lowest BCUT2D eigenvalue weighted by Gasteiger charge is -2.16. The Bertz CT molecular complexity index is 407. The summed E-state index contributed by atoms with van der Waals surface area (Å²) in [5.74, 6) is 1.52. The minimum atomic E-state index is -0.0418. The first-order valence-corrected chi connectivity index (χ1v) is 6.95. The molecule has 0 bridgehead atoms. The molecule has 0 spiro atoms. The molecule has 0 radical (unpaired) electrons. The van der Waals surface area contributed by atoms with Crippen molar-refractivity contribution >= 4 is 0 Å². The molecule has 4 nitrogen and oxygen atoms in total. The van der Waals surface area contributed by atoms with Crippen molar-refractivity contribution in [3.63, 3.8) is 0 Å². The molecule has 4 heteroatoms. The van der Waals surface area contributed by atoms with Gasteiger partial charge in [0.15, 0.2) is 11.5 Å². The predicted molar refractivity (Wildman–Crippen MR) is 81.5 cm³/mol. The molecule has 1 aromatic carbocycles. The highest BCUT2D eigenvalue weighted by atomic mass is 16.5. The maximum atomic E-state index is 5.76. The lowest BCUT2D eigenvalue weighted by molar-refractivity contribution is 0.199. The third-order valence-corrected chi connectivity index (χ3v) is 2.76. The predicted octanol–water partition coefficient (Wildman–Crippen LogP) is 2.77. The Hall–Kier alpha value is -1.52. The topological polar surface area (TPSA) is 39.7 Å². The van der Waals surface area contributed by atoms with Gasteiger partial charge in [0.2, 0.25) is 0 Å². The van der Waals surface area contributed by atoms with Crippen molar-refractivity contribution in [3.05, 3.63) is 36.4 Å². The Balaban J connectivity index is 2.70.